The van der Waals surface area contributed by atoms with Gasteiger partial charge in [-0.15, -0.1) is 0 Å². The van der Waals surface area contributed by atoms with Gasteiger partial charge in [0, 0.05) is 33.0 Å². The molecule has 3 aliphatic rings. The number of fused-ring (bicyclic) bond motifs is 14. The largest absolute Gasteiger partial charge is 0.457 e. The van der Waals surface area contributed by atoms with Crippen molar-refractivity contribution in [1.82, 2.24) is 14.5 Å². The molecule has 0 N–H and O–H groups in total. The van der Waals surface area contributed by atoms with Gasteiger partial charge in [-0.3, -0.25) is 9.97 Å². The van der Waals surface area contributed by atoms with Crippen molar-refractivity contribution < 1.29 is 9.47 Å². The zero-order valence-electron chi connectivity index (χ0n) is 30.0. The maximum absolute atomic E-state index is 9.84. The van der Waals surface area contributed by atoms with Crippen molar-refractivity contribution in [3.63, 3.8) is 0 Å². The highest BCUT2D eigenvalue weighted by atomic mass is 16.5. The molecule has 0 atom stereocenters. The first-order valence-electron chi connectivity index (χ1n) is 18.6. The van der Waals surface area contributed by atoms with Crippen LogP contribution in [0.5, 0.6) is 23.0 Å². The molecule has 0 amide bonds. The lowest BCUT2D eigenvalue weighted by Crippen LogP contribution is -2.32. The van der Waals surface area contributed by atoms with Crippen LogP contribution in [0, 0.1) is 22.7 Å². The predicted molar refractivity (Wildman–Crippen MR) is 218 cm³/mol. The number of pyridine rings is 2. The van der Waals surface area contributed by atoms with Crippen LogP contribution >= 0.6 is 0 Å². The molecule has 6 aromatic carbocycles. The highest BCUT2D eigenvalue weighted by Gasteiger charge is 2.53. The van der Waals surface area contributed by atoms with E-state index >= 15 is 0 Å². The van der Waals surface area contributed by atoms with Crippen LogP contribution in [0.25, 0.3) is 38.9 Å². The first kappa shape index (κ1) is 31.2. The van der Waals surface area contributed by atoms with Crippen molar-refractivity contribution in [2.45, 2.75) is 5.41 Å². The zero-order valence-corrected chi connectivity index (χ0v) is 30.0. The molecule has 8 nitrogen and oxygen atoms in total. The van der Waals surface area contributed by atoms with Crippen LogP contribution in [0.2, 0.25) is 0 Å². The summed E-state index contributed by atoms with van der Waals surface area (Å²) in [5.74, 6) is 3.05. The number of nitrogens with zero attached hydrogens (tertiary/aromatic N) is 6. The molecule has 5 heterocycles. The predicted octanol–water partition coefficient (Wildman–Crippen LogP) is 11.4. The summed E-state index contributed by atoms with van der Waals surface area (Å²) in [5, 5.41) is 21.5. The lowest BCUT2D eigenvalue weighted by molar-refractivity contribution is 0.436. The number of aromatic nitrogens is 3. The normalized spacial score (nSPS) is 13.6. The number of hydrogen-bond donors (Lipinski definition) is 0. The number of para-hydroxylation sites is 6. The summed E-state index contributed by atoms with van der Waals surface area (Å²) >= 11 is 0. The Bertz CT molecular complexity index is 3150. The van der Waals surface area contributed by atoms with Crippen LogP contribution < -0.4 is 14.4 Å². The van der Waals surface area contributed by atoms with Crippen molar-refractivity contribution in [2.24, 2.45) is 0 Å². The van der Waals surface area contributed by atoms with Crippen molar-refractivity contribution in [1.29, 1.82) is 10.5 Å². The summed E-state index contributed by atoms with van der Waals surface area (Å²) in [6.45, 7) is 0. The number of nitriles is 2. The zero-order chi connectivity index (χ0) is 37.8. The molecule has 0 saturated carbocycles. The first-order valence-corrected chi connectivity index (χ1v) is 18.6. The Morgan fingerprint density at radius 1 is 0.474 bits per heavy atom. The fraction of sp³-hybridized carbons (Fsp3) is 0.0204. The Morgan fingerprint density at radius 2 is 0.930 bits per heavy atom. The molecular weight excluding hydrogens is 705 g/mol. The Morgan fingerprint density at radius 3 is 1.47 bits per heavy atom. The minimum Gasteiger partial charge on any atom is -0.457 e. The van der Waals surface area contributed by atoms with Crippen LogP contribution in [-0.4, -0.2) is 14.5 Å². The van der Waals surface area contributed by atoms with Gasteiger partial charge < -0.3 is 18.9 Å². The molecule has 1 spiro atoms. The van der Waals surface area contributed by atoms with E-state index in [9.17, 15) is 10.5 Å². The molecule has 264 valence electrons. The van der Waals surface area contributed by atoms with Crippen molar-refractivity contribution in [2.75, 3.05) is 4.90 Å². The molecule has 3 aromatic heterocycles. The van der Waals surface area contributed by atoms with Crippen molar-refractivity contribution >= 4 is 38.9 Å². The van der Waals surface area contributed by atoms with E-state index in [0.717, 1.165) is 101 Å². The van der Waals surface area contributed by atoms with Gasteiger partial charge in [-0.2, -0.15) is 10.5 Å². The Labute approximate surface area is 326 Å². The van der Waals surface area contributed by atoms with E-state index in [4.69, 9.17) is 19.4 Å². The average Bonchev–Trinajstić information content (AvgIpc) is 3.74. The summed E-state index contributed by atoms with van der Waals surface area (Å²) in [7, 11) is 0. The summed E-state index contributed by atoms with van der Waals surface area (Å²) < 4.78 is 15.2. The number of hydrogen-bond acceptors (Lipinski definition) is 7. The molecule has 12 rings (SSSR count). The van der Waals surface area contributed by atoms with Gasteiger partial charge in [0.1, 0.15) is 11.5 Å². The fourth-order valence-corrected chi connectivity index (χ4v) is 9.24. The molecule has 0 radical (unpaired) electrons. The minimum absolute atomic E-state index is 0.549. The van der Waals surface area contributed by atoms with E-state index in [1.807, 2.05) is 109 Å². The van der Waals surface area contributed by atoms with Crippen LogP contribution in [0.3, 0.4) is 0 Å². The number of benzene rings is 6. The molecule has 0 bridgehead atoms. The SMILES string of the molecule is N#Cc1ccc2c(c1)c1cc(C#N)ccc1n2-c1cnc2c(c1)C1(c3ccccc3Oc3ccccc31)c1cc(N3c4ccccc4Oc4ccccc43)cnc1-2. The molecular formula is C49H26N6O2. The average molecular weight is 731 g/mol. The number of rotatable bonds is 2. The third-order valence-corrected chi connectivity index (χ3v) is 11.6. The fourth-order valence-electron chi connectivity index (χ4n) is 9.24. The Balaban J connectivity index is 1.17. The van der Waals surface area contributed by atoms with Gasteiger partial charge >= 0.3 is 0 Å². The quantitative estimate of drug-likeness (QED) is 0.174. The van der Waals surface area contributed by atoms with Crippen molar-refractivity contribution in [3.8, 4) is 52.2 Å². The second-order valence-corrected chi connectivity index (χ2v) is 14.4. The molecule has 0 unspecified atom stereocenters. The molecule has 1 aliphatic carbocycles. The second-order valence-electron chi connectivity index (χ2n) is 14.4. The van der Waals surface area contributed by atoms with Crippen LogP contribution in [0.1, 0.15) is 33.4 Å². The Kier molecular flexibility index (Phi) is 6.24. The van der Waals surface area contributed by atoms with E-state index in [-0.39, 0.29) is 0 Å². The molecule has 9 aromatic rings. The first-order chi connectivity index (χ1) is 28.1. The third kappa shape index (κ3) is 4.13. The lowest BCUT2D eigenvalue weighted by Gasteiger charge is -2.39. The standard InChI is InChI=1S/C49H26N6O2/c50-25-29-17-19-39-33(21-29)34-22-30(26-51)18-20-40(34)54(39)31-23-37-47(52-27-31)48-38(49(37)35-9-1-5-13-43(35)56-44-14-6-2-10-36(44)49)24-32(28-53-48)55-41-11-3-7-15-45(41)57-46-16-8-4-12-42(46)55/h1-24,27-28H. The maximum atomic E-state index is 9.84. The van der Waals surface area contributed by atoms with E-state index in [2.05, 4.69) is 70.1 Å². The summed E-state index contributed by atoms with van der Waals surface area (Å²) in [6, 6.07) is 53.1. The van der Waals surface area contributed by atoms with Gasteiger partial charge in [-0.25, -0.2) is 0 Å². The van der Waals surface area contributed by atoms with Crippen molar-refractivity contribution in [3.05, 3.63) is 191 Å². The van der Waals surface area contributed by atoms with Gasteiger partial charge in [0.05, 0.1) is 86.2 Å². The third-order valence-electron chi connectivity index (χ3n) is 11.6. The van der Waals surface area contributed by atoms with Gasteiger partial charge in [0.15, 0.2) is 11.5 Å². The molecule has 0 saturated heterocycles. The van der Waals surface area contributed by atoms with Gasteiger partial charge in [-0.05, 0) is 84.9 Å². The van der Waals surface area contributed by atoms with Gasteiger partial charge in [0.25, 0.3) is 0 Å². The monoisotopic (exact) mass is 730 g/mol. The maximum Gasteiger partial charge on any atom is 0.151 e. The topological polar surface area (TPSA) is 100.0 Å². The van der Waals surface area contributed by atoms with E-state index in [1.54, 1.807) is 0 Å². The number of ether oxygens (including phenoxy) is 2. The highest BCUT2D eigenvalue weighted by molar-refractivity contribution is 6.10. The summed E-state index contributed by atoms with van der Waals surface area (Å²) in [5.41, 5.74) is 11.1. The summed E-state index contributed by atoms with van der Waals surface area (Å²) in [6.07, 6.45) is 3.83. The molecule has 0 fully saturated rings. The lowest BCUT2D eigenvalue weighted by atomic mass is 9.66. The molecule has 8 heteroatoms. The Hall–Kier alpha value is -8.20. The highest BCUT2D eigenvalue weighted by Crippen LogP contribution is 2.62. The smallest absolute Gasteiger partial charge is 0.151 e. The van der Waals surface area contributed by atoms with E-state index < -0.39 is 5.41 Å². The van der Waals surface area contributed by atoms with Gasteiger partial charge in [-0.1, -0.05) is 60.7 Å². The van der Waals surface area contributed by atoms with E-state index in [0.29, 0.717) is 11.1 Å². The van der Waals surface area contributed by atoms with Crippen LogP contribution in [-0.2, 0) is 5.41 Å². The van der Waals surface area contributed by atoms with Crippen LogP contribution in [0.4, 0.5) is 17.1 Å². The van der Waals surface area contributed by atoms with Crippen LogP contribution in [0.15, 0.2) is 158 Å². The number of anilines is 3. The second kappa shape index (κ2) is 11.4. The minimum atomic E-state index is -0.867. The molecule has 57 heavy (non-hydrogen) atoms. The molecule has 2 aliphatic heterocycles. The van der Waals surface area contributed by atoms with E-state index in [1.165, 1.54) is 0 Å². The summed E-state index contributed by atoms with van der Waals surface area (Å²) in [4.78, 5) is 12.8. The van der Waals surface area contributed by atoms with Gasteiger partial charge in [0.2, 0.25) is 0 Å².